The van der Waals surface area contributed by atoms with Gasteiger partial charge in [0.1, 0.15) is 18.3 Å². The van der Waals surface area contributed by atoms with Crippen LogP contribution < -0.4 is 5.32 Å². The standard InChI is InChI=1S/C25H28N2O5/c1-27-20-13-17(14-21(27)24-23(20)32-24)31-25(30)26-19-12-15(6-5-9-22(28)29)10-11-18(19)16-7-3-2-4-8-16/h2-4,7-8,10-12,17,20-21,23-24H,5-6,9,13-14H2,1H3,(H,26,30)(H,28,29)/t17-,20-,21+,23-,24+. The summed E-state index contributed by atoms with van der Waals surface area (Å²) in [7, 11) is 2.13. The average molecular weight is 437 g/mol. The number of hydrogen-bond acceptors (Lipinski definition) is 5. The minimum atomic E-state index is -0.803. The maximum atomic E-state index is 12.8. The van der Waals surface area contributed by atoms with Crippen LogP contribution in [-0.2, 0) is 20.7 Å². The van der Waals surface area contributed by atoms with Crippen LogP contribution in [0.5, 0.6) is 0 Å². The Morgan fingerprint density at radius 1 is 1.12 bits per heavy atom. The van der Waals surface area contributed by atoms with Crippen molar-refractivity contribution < 1.29 is 24.2 Å². The Morgan fingerprint density at radius 3 is 2.53 bits per heavy atom. The highest BCUT2D eigenvalue weighted by Crippen LogP contribution is 2.48. The highest BCUT2D eigenvalue weighted by molar-refractivity contribution is 5.91. The van der Waals surface area contributed by atoms with Gasteiger partial charge in [-0.3, -0.25) is 15.0 Å². The van der Waals surface area contributed by atoms with Crippen LogP contribution in [0.1, 0.15) is 31.2 Å². The van der Waals surface area contributed by atoms with Crippen LogP contribution in [0.3, 0.4) is 0 Å². The predicted octanol–water partition coefficient (Wildman–Crippen LogP) is 3.92. The highest BCUT2D eigenvalue weighted by Gasteiger charge is 2.62. The minimum Gasteiger partial charge on any atom is -0.481 e. The molecule has 2 aromatic rings. The number of carbonyl (C=O) groups excluding carboxylic acids is 1. The molecule has 0 unspecified atom stereocenters. The molecule has 1 amide bonds. The lowest BCUT2D eigenvalue weighted by molar-refractivity contribution is -0.137. The Labute approximate surface area is 187 Å². The molecule has 2 bridgehead atoms. The molecule has 168 valence electrons. The van der Waals surface area contributed by atoms with Crippen molar-refractivity contribution in [3.8, 4) is 11.1 Å². The Balaban J connectivity index is 1.29. The molecule has 0 saturated carbocycles. The zero-order valence-electron chi connectivity index (χ0n) is 18.1. The van der Waals surface area contributed by atoms with E-state index in [-0.39, 0.29) is 12.5 Å². The van der Waals surface area contributed by atoms with Crippen molar-refractivity contribution in [2.75, 3.05) is 12.4 Å². The van der Waals surface area contributed by atoms with Gasteiger partial charge in [0.25, 0.3) is 0 Å². The first-order valence-electron chi connectivity index (χ1n) is 11.2. The van der Waals surface area contributed by atoms with E-state index in [4.69, 9.17) is 14.6 Å². The highest BCUT2D eigenvalue weighted by atomic mass is 16.6. The molecule has 32 heavy (non-hydrogen) atoms. The number of ether oxygens (including phenoxy) is 2. The molecule has 7 nitrogen and oxygen atoms in total. The van der Waals surface area contributed by atoms with E-state index >= 15 is 0 Å². The van der Waals surface area contributed by atoms with Gasteiger partial charge in [-0.05, 0) is 37.1 Å². The Kier molecular flexibility index (Phi) is 5.61. The lowest BCUT2D eigenvalue weighted by Crippen LogP contribution is -2.48. The van der Waals surface area contributed by atoms with E-state index in [9.17, 15) is 9.59 Å². The number of benzene rings is 2. The first kappa shape index (κ1) is 21.0. The van der Waals surface area contributed by atoms with Crippen LogP contribution in [0.15, 0.2) is 48.5 Å². The molecule has 5 atom stereocenters. The van der Waals surface area contributed by atoms with Gasteiger partial charge in [-0.1, -0.05) is 42.5 Å². The number of carboxylic acid groups (broad SMARTS) is 1. The van der Waals surface area contributed by atoms with Crippen molar-refractivity contribution in [2.45, 2.75) is 62.5 Å². The van der Waals surface area contributed by atoms with E-state index in [1.165, 1.54) is 0 Å². The zero-order valence-corrected chi connectivity index (χ0v) is 18.1. The molecule has 5 rings (SSSR count). The van der Waals surface area contributed by atoms with Crippen molar-refractivity contribution in [1.29, 1.82) is 0 Å². The fraction of sp³-hybridized carbons (Fsp3) is 0.440. The fourth-order valence-corrected chi connectivity index (χ4v) is 5.25. The van der Waals surface area contributed by atoms with E-state index < -0.39 is 12.1 Å². The number of likely N-dealkylation sites (N-methyl/N-ethyl adjacent to an activating group) is 1. The van der Waals surface area contributed by atoms with Crippen LogP contribution in [0, 0.1) is 0 Å². The van der Waals surface area contributed by atoms with Crippen LogP contribution in [0.2, 0.25) is 0 Å². The van der Waals surface area contributed by atoms with Gasteiger partial charge >= 0.3 is 12.1 Å². The molecule has 7 heteroatoms. The number of piperidine rings is 1. The number of hydrogen-bond donors (Lipinski definition) is 2. The van der Waals surface area contributed by atoms with Crippen molar-refractivity contribution >= 4 is 17.7 Å². The number of epoxide rings is 1. The lowest BCUT2D eigenvalue weighted by Gasteiger charge is -2.37. The number of nitrogens with zero attached hydrogens (tertiary/aromatic N) is 1. The second-order valence-electron chi connectivity index (χ2n) is 8.98. The molecular weight excluding hydrogens is 408 g/mol. The number of aryl methyl sites for hydroxylation is 1. The van der Waals surface area contributed by atoms with Gasteiger partial charge < -0.3 is 14.6 Å². The van der Waals surface area contributed by atoms with E-state index in [0.717, 1.165) is 29.5 Å². The number of amides is 1. The molecule has 2 N–H and O–H groups in total. The van der Waals surface area contributed by atoms with Crippen molar-refractivity contribution in [3.63, 3.8) is 0 Å². The number of carboxylic acids is 1. The Hall–Kier alpha value is -2.90. The van der Waals surface area contributed by atoms with Crippen LogP contribution in [0.25, 0.3) is 11.1 Å². The van der Waals surface area contributed by atoms with Crippen LogP contribution in [-0.4, -0.2) is 59.5 Å². The molecule has 3 aliphatic rings. The molecule has 2 aromatic carbocycles. The summed E-state index contributed by atoms with van der Waals surface area (Å²) in [6.45, 7) is 0. The lowest BCUT2D eigenvalue weighted by atomic mass is 9.99. The first-order valence-corrected chi connectivity index (χ1v) is 11.2. The zero-order chi connectivity index (χ0) is 22.2. The van der Waals surface area contributed by atoms with Crippen molar-refractivity contribution in [3.05, 3.63) is 54.1 Å². The van der Waals surface area contributed by atoms with Crippen molar-refractivity contribution in [2.24, 2.45) is 0 Å². The van der Waals surface area contributed by atoms with E-state index in [2.05, 4.69) is 17.3 Å². The fourth-order valence-electron chi connectivity index (χ4n) is 5.25. The second kappa shape index (κ2) is 8.56. The first-order chi connectivity index (χ1) is 15.5. The second-order valence-corrected chi connectivity index (χ2v) is 8.98. The molecule has 0 spiro atoms. The number of nitrogens with one attached hydrogen (secondary N) is 1. The van der Waals surface area contributed by atoms with Crippen LogP contribution >= 0.6 is 0 Å². The molecule has 0 aliphatic carbocycles. The third-order valence-corrected chi connectivity index (χ3v) is 6.91. The largest absolute Gasteiger partial charge is 0.481 e. The van der Waals surface area contributed by atoms with Gasteiger partial charge in [0.05, 0.1) is 5.69 Å². The Bertz CT molecular complexity index is 993. The number of morpholine rings is 1. The topological polar surface area (TPSA) is 91.4 Å². The molecule has 3 aliphatic heterocycles. The molecular formula is C25H28N2O5. The van der Waals surface area contributed by atoms with Gasteiger partial charge in [0.2, 0.25) is 0 Å². The molecule has 3 saturated heterocycles. The summed E-state index contributed by atoms with van der Waals surface area (Å²) < 4.78 is 11.6. The van der Waals surface area contributed by atoms with E-state index in [1.54, 1.807) is 0 Å². The molecule has 0 aromatic heterocycles. The molecule has 0 radical (unpaired) electrons. The van der Waals surface area contributed by atoms with E-state index in [0.29, 0.717) is 42.8 Å². The van der Waals surface area contributed by atoms with Crippen molar-refractivity contribution in [1.82, 2.24) is 4.90 Å². The summed E-state index contributed by atoms with van der Waals surface area (Å²) in [5.41, 5.74) is 3.56. The summed E-state index contributed by atoms with van der Waals surface area (Å²) in [6.07, 6.45) is 2.92. The monoisotopic (exact) mass is 436 g/mol. The summed E-state index contributed by atoms with van der Waals surface area (Å²) in [5.74, 6) is -0.803. The smallest absolute Gasteiger partial charge is 0.411 e. The van der Waals surface area contributed by atoms with Gasteiger partial charge in [0, 0.05) is 36.9 Å². The maximum Gasteiger partial charge on any atom is 0.411 e. The number of rotatable bonds is 7. The molecule has 3 heterocycles. The SMILES string of the molecule is CN1[C@@H]2C[C@@H](OC(=O)Nc3cc(CCCC(=O)O)ccc3-c3ccccc3)C[C@H]1[C@@H]1O[C@@H]12. The predicted molar refractivity (Wildman–Crippen MR) is 120 cm³/mol. The number of anilines is 1. The number of carbonyl (C=O) groups is 2. The van der Waals surface area contributed by atoms with Crippen LogP contribution in [0.4, 0.5) is 10.5 Å². The van der Waals surface area contributed by atoms with E-state index in [1.807, 2.05) is 48.5 Å². The summed E-state index contributed by atoms with van der Waals surface area (Å²) in [5, 5.41) is 11.9. The normalized spacial score (nSPS) is 28.1. The van der Waals surface area contributed by atoms with Gasteiger partial charge in [0.15, 0.2) is 0 Å². The number of fused-ring (bicyclic) bond motifs is 5. The maximum absolute atomic E-state index is 12.8. The van der Waals surface area contributed by atoms with Gasteiger partial charge in [-0.2, -0.15) is 0 Å². The third kappa shape index (κ3) is 4.23. The molecule has 3 fully saturated rings. The number of aliphatic carboxylic acids is 1. The minimum absolute atomic E-state index is 0.114. The summed E-state index contributed by atoms with van der Waals surface area (Å²) in [4.78, 5) is 26.0. The van der Waals surface area contributed by atoms with Gasteiger partial charge in [-0.25, -0.2) is 4.79 Å². The quantitative estimate of drug-likeness (QED) is 0.640. The van der Waals surface area contributed by atoms with Gasteiger partial charge in [-0.15, -0.1) is 0 Å². The summed E-state index contributed by atoms with van der Waals surface area (Å²) in [6, 6.07) is 16.4. The summed E-state index contributed by atoms with van der Waals surface area (Å²) >= 11 is 0. The Morgan fingerprint density at radius 2 is 1.84 bits per heavy atom. The average Bonchev–Trinajstić information content (AvgIpc) is 3.53. The third-order valence-electron chi connectivity index (χ3n) is 6.91.